The molecular formula is C15H13F2NO2. The minimum Gasteiger partial charge on any atom is -0.481 e. The molecular weight excluding hydrogens is 264 g/mol. The van der Waals surface area contributed by atoms with Crippen molar-refractivity contribution in [2.24, 2.45) is 0 Å². The Labute approximate surface area is 115 Å². The van der Waals surface area contributed by atoms with Crippen LogP contribution in [-0.2, 0) is 5.92 Å². The summed E-state index contributed by atoms with van der Waals surface area (Å²) in [4.78, 5) is 16.2. The molecule has 1 aromatic heterocycles. The van der Waals surface area contributed by atoms with Crippen molar-refractivity contribution in [1.82, 2.24) is 4.98 Å². The van der Waals surface area contributed by atoms with E-state index >= 15 is 0 Å². The summed E-state index contributed by atoms with van der Waals surface area (Å²) in [7, 11) is 1.45. The molecule has 0 N–H and O–H groups in total. The number of benzene rings is 1. The molecule has 0 aliphatic rings. The molecule has 0 amide bonds. The van der Waals surface area contributed by atoms with Gasteiger partial charge in [-0.15, -0.1) is 0 Å². The number of hydrogen-bond donors (Lipinski definition) is 0. The van der Waals surface area contributed by atoms with Crippen LogP contribution in [0.25, 0.3) is 0 Å². The number of hydrogen-bond acceptors (Lipinski definition) is 3. The molecule has 5 heteroatoms. The summed E-state index contributed by atoms with van der Waals surface area (Å²) in [6, 6.07) is 10.0. The molecule has 0 saturated carbocycles. The van der Waals surface area contributed by atoms with Gasteiger partial charge in [0.15, 0.2) is 0 Å². The third kappa shape index (κ3) is 2.99. The predicted molar refractivity (Wildman–Crippen MR) is 70.2 cm³/mol. The van der Waals surface area contributed by atoms with Crippen LogP contribution in [0.15, 0.2) is 42.5 Å². The highest BCUT2D eigenvalue weighted by Crippen LogP contribution is 2.27. The molecule has 0 bridgehead atoms. The van der Waals surface area contributed by atoms with Crippen molar-refractivity contribution in [3.8, 4) is 5.88 Å². The molecule has 1 heterocycles. The number of ketones is 1. The topological polar surface area (TPSA) is 39.2 Å². The Kier molecular flexibility index (Phi) is 3.79. The summed E-state index contributed by atoms with van der Waals surface area (Å²) in [5, 5.41) is 0. The first-order valence-corrected chi connectivity index (χ1v) is 5.96. The van der Waals surface area contributed by atoms with Gasteiger partial charge in [0, 0.05) is 24.1 Å². The molecule has 2 rings (SSSR count). The SMILES string of the molecule is COc1cccc(C(=O)c2ccc(C(C)(F)F)cc2)n1. The third-order valence-corrected chi connectivity index (χ3v) is 2.82. The smallest absolute Gasteiger partial charge is 0.270 e. The lowest BCUT2D eigenvalue weighted by atomic mass is 10.0. The molecule has 0 fully saturated rings. The monoisotopic (exact) mass is 277 g/mol. The predicted octanol–water partition coefficient (Wildman–Crippen LogP) is 3.43. The molecule has 0 atom stereocenters. The van der Waals surface area contributed by atoms with Crippen molar-refractivity contribution < 1.29 is 18.3 Å². The third-order valence-electron chi connectivity index (χ3n) is 2.82. The van der Waals surface area contributed by atoms with Gasteiger partial charge < -0.3 is 4.74 Å². The molecule has 3 nitrogen and oxygen atoms in total. The Morgan fingerprint density at radius 2 is 1.80 bits per heavy atom. The van der Waals surface area contributed by atoms with Gasteiger partial charge in [0.25, 0.3) is 5.92 Å². The number of halogens is 2. The van der Waals surface area contributed by atoms with E-state index in [-0.39, 0.29) is 17.0 Å². The summed E-state index contributed by atoms with van der Waals surface area (Å²) >= 11 is 0. The van der Waals surface area contributed by atoms with Crippen LogP contribution in [0.1, 0.15) is 28.5 Å². The van der Waals surface area contributed by atoms with E-state index in [0.717, 1.165) is 6.92 Å². The summed E-state index contributed by atoms with van der Waals surface area (Å²) in [5.41, 5.74) is 0.381. The molecule has 0 aliphatic heterocycles. The lowest BCUT2D eigenvalue weighted by Crippen LogP contribution is -2.09. The van der Waals surface area contributed by atoms with Gasteiger partial charge in [0.2, 0.25) is 11.7 Å². The second kappa shape index (κ2) is 5.36. The lowest BCUT2D eigenvalue weighted by Gasteiger charge is -2.10. The molecule has 0 unspecified atom stereocenters. The molecule has 0 aliphatic carbocycles. The van der Waals surface area contributed by atoms with Crippen LogP contribution in [0.4, 0.5) is 8.78 Å². The fourth-order valence-corrected chi connectivity index (χ4v) is 1.72. The van der Waals surface area contributed by atoms with E-state index in [1.807, 2.05) is 0 Å². The number of methoxy groups -OCH3 is 1. The van der Waals surface area contributed by atoms with Crippen molar-refractivity contribution in [3.63, 3.8) is 0 Å². The van der Waals surface area contributed by atoms with Gasteiger partial charge in [0.05, 0.1) is 7.11 Å². The molecule has 0 saturated heterocycles. The zero-order valence-corrected chi connectivity index (χ0v) is 11.1. The number of carbonyl (C=O) groups is 1. The van der Waals surface area contributed by atoms with E-state index in [0.29, 0.717) is 11.4 Å². The maximum absolute atomic E-state index is 13.1. The number of nitrogens with zero attached hydrogens (tertiary/aromatic N) is 1. The maximum atomic E-state index is 13.1. The van der Waals surface area contributed by atoms with Crippen molar-refractivity contribution >= 4 is 5.78 Å². The number of pyridine rings is 1. The van der Waals surface area contributed by atoms with Crippen molar-refractivity contribution in [2.75, 3.05) is 7.11 Å². The van der Waals surface area contributed by atoms with Gasteiger partial charge in [-0.3, -0.25) is 4.79 Å². The van der Waals surface area contributed by atoms with Gasteiger partial charge in [-0.2, -0.15) is 0 Å². The summed E-state index contributed by atoms with van der Waals surface area (Å²) in [5.74, 6) is -2.93. The lowest BCUT2D eigenvalue weighted by molar-refractivity contribution is 0.0174. The Balaban J connectivity index is 2.29. The maximum Gasteiger partial charge on any atom is 0.270 e. The van der Waals surface area contributed by atoms with E-state index in [1.165, 1.54) is 31.4 Å². The average Bonchev–Trinajstić information content (AvgIpc) is 2.46. The van der Waals surface area contributed by atoms with Crippen molar-refractivity contribution in [1.29, 1.82) is 0 Å². The number of alkyl halides is 2. The normalized spacial score (nSPS) is 11.2. The average molecular weight is 277 g/mol. The highest BCUT2D eigenvalue weighted by molar-refractivity contribution is 6.07. The fourth-order valence-electron chi connectivity index (χ4n) is 1.72. The molecule has 104 valence electrons. The summed E-state index contributed by atoms with van der Waals surface area (Å²) in [6.07, 6.45) is 0. The van der Waals surface area contributed by atoms with Crippen LogP contribution in [0, 0.1) is 0 Å². The zero-order valence-electron chi connectivity index (χ0n) is 11.1. The van der Waals surface area contributed by atoms with E-state index in [4.69, 9.17) is 4.74 Å². The van der Waals surface area contributed by atoms with E-state index in [9.17, 15) is 13.6 Å². The van der Waals surface area contributed by atoms with Gasteiger partial charge in [0.1, 0.15) is 5.69 Å². The quantitative estimate of drug-likeness (QED) is 0.804. The van der Waals surface area contributed by atoms with Gasteiger partial charge in [-0.05, 0) is 6.07 Å². The number of carbonyl (C=O) groups excluding carboxylic acids is 1. The Bertz CT molecular complexity index is 619. The minimum absolute atomic E-state index is 0.132. The molecule has 0 spiro atoms. The van der Waals surface area contributed by atoms with Crippen LogP contribution in [0.3, 0.4) is 0 Å². The van der Waals surface area contributed by atoms with Crippen LogP contribution in [-0.4, -0.2) is 17.9 Å². The first-order valence-electron chi connectivity index (χ1n) is 5.96. The van der Waals surface area contributed by atoms with Gasteiger partial charge in [-0.1, -0.05) is 30.3 Å². The number of aromatic nitrogens is 1. The summed E-state index contributed by atoms with van der Waals surface area (Å²) < 4.78 is 31.1. The first-order chi connectivity index (χ1) is 9.41. The Morgan fingerprint density at radius 3 is 2.35 bits per heavy atom. The molecule has 0 radical (unpaired) electrons. The Morgan fingerprint density at radius 1 is 1.15 bits per heavy atom. The molecule has 1 aromatic carbocycles. The number of rotatable bonds is 4. The summed E-state index contributed by atoms with van der Waals surface area (Å²) in [6.45, 7) is 0.813. The minimum atomic E-state index is -2.92. The Hall–Kier alpha value is -2.30. The highest BCUT2D eigenvalue weighted by atomic mass is 19.3. The molecule has 2 aromatic rings. The second-order valence-electron chi connectivity index (χ2n) is 4.36. The van der Waals surface area contributed by atoms with E-state index < -0.39 is 5.92 Å². The second-order valence-corrected chi connectivity index (χ2v) is 4.36. The standard InChI is InChI=1S/C15H13F2NO2/c1-15(16,17)11-8-6-10(7-9-11)14(19)12-4-3-5-13(18-12)20-2/h3-9H,1-2H3. The van der Waals surface area contributed by atoms with E-state index in [1.54, 1.807) is 18.2 Å². The highest BCUT2D eigenvalue weighted by Gasteiger charge is 2.24. The number of ether oxygens (including phenoxy) is 1. The van der Waals surface area contributed by atoms with Crippen LogP contribution < -0.4 is 4.74 Å². The first kappa shape index (κ1) is 14.1. The van der Waals surface area contributed by atoms with Crippen LogP contribution in [0.2, 0.25) is 0 Å². The largest absolute Gasteiger partial charge is 0.481 e. The fraction of sp³-hybridized carbons (Fsp3) is 0.200. The van der Waals surface area contributed by atoms with Gasteiger partial charge in [-0.25, -0.2) is 13.8 Å². The van der Waals surface area contributed by atoms with Gasteiger partial charge >= 0.3 is 0 Å². The van der Waals surface area contributed by atoms with Crippen molar-refractivity contribution in [3.05, 3.63) is 59.3 Å². The van der Waals surface area contributed by atoms with E-state index in [2.05, 4.69) is 4.98 Å². The van der Waals surface area contributed by atoms with Crippen LogP contribution in [0.5, 0.6) is 5.88 Å². The van der Waals surface area contributed by atoms with Crippen LogP contribution >= 0.6 is 0 Å². The zero-order chi connectivity index (χ0) is 14.8. The van der Waals surface area contributed by atoms with Crippen molar-refractivity contribution in [2.45, 2.75) is 12.8 Å². The molecule has 20 heavy (non-hydrogen) atoms.